The molecule has 2 heterocycles. The Morgan fingerprint density at radius 3 is 2.67 bits per heavy atom. The molecule has 9 heteroatoms. The number of nitrogens with zero attached hydrogens (tertiary/aromatic N) is 4. The predicted molar refractivity (Wildman–Crippen MR) is 79.3 cm³/mol. The van der Waals surface area contributed by atoms with E-state index in [4.69, 9.17) is 10.5 Å². The fourth-order valence-corrected chi connectivity index (χ4v) is 2.02. The number of nitrogens with two attached hydrogens (primary N) is 1. The molecule has 1 saturated heterocycles. The van der Waals surface area contributed by atoms with E-state index in [2.05, 4.69) is 30.5 Å². The van der Waals surface area contributed by atoms with Crippen LogP contribution in [0, 0.1) is 0 Å². The first-order valence-electron chi connectivity index (χ1n) is 6.97. The van der Waals surface area contributed by atoms with Crippen LogP contribution in [0.4, 0.5) is 17.8 Å². The molecular weight excluding hydrogens is 274 g/mol. The number of rotatable bonds is 8. The summed E-state index contributed by atoms with van der Waals surface area (Å²) >= 11 is 0. The molecule has 9 nitrogen and oxygen atoms in total. The van der Waals surface area contributed by atoms with Crippen molar-refractivity contribution in [3.8, 4) is 0 Å². The number of primary amides is 1. The molecule has 1 aromatic heterocycles. The van der Waals surface area contributed by atoms with E-state index >= 15 is 0 Å². The summed E-state index contributed by atoms with van der Waals surface area (Å²) in [5.41, 5.74) is 4.98. The second-order valence-corrected chi connectivity index (χ2v) is 4.67. The SMILES string of the molecule is CNc1nc(NCCOCC(N)=O)nc(N2CCCC2)n1. The molecule has 0 aliphatic carbocycles. The van der Waals surface area contributed by atoms with E-state index in [1.807, 2.05) is 0 Å². The minimum absolute atomic E-state index is 0.0837. The number of nitrogens with one attached hydrogen (secondary N) is 2. The average molecular weight is 295 g/mol. The third-order valence-corrected chi connectivity index (χ3v) is 3.01. The van der Waals surface area contributed by atoms with Gasteiger partial charge in [0.2, 0.25) is 23.8 Å². The summed E-state index contributed by atoms with van der Waals surface area (Å²) < 4.78 is 5.07. The van der Waals surface area contributed by atoms with Crippen LogP contribution in [0.3, 0.4) is 0 Å². The largest absolute Gasteiger partial charge is 0.370 e. The van der Waals surface area contributed by atoms with E-state index in [0.29, 0.717) is 31.0 Å². The number of amides is 1. The molecule has 2 rings (SSSR count). The van der Waals surface area contributed by atoms with Gasteiger partial charge in [0.1, 0.15) is 6.61 Å². The summed E-state index contributed by atoms with van der Waals surface area (Å²) in [7, 11) is 1.77. The standard InChI is InChI=1S/C12H21N7O2/c1-14-10-16-11(15-4-7-21-8-9(13)20)18-12(17-10)19-5-2-3-6-19/h2-8H2,1H3,(H2,13,20)(H2,14,15,16,17,18). The van der Waals surface area contributed by atoms with Crippen molar-refractivity contribution < 1.29 is 9.53 Å². The first-order chi connectivity index (χ1) is 10.2. The lowest BCUT2D eigenvalue weighted by atomic mass is 10.4. The zero-order chi connectivity index (χ0) is 15.1. The summed E-state index contributed by atoms with van der Waals surface area (Å²) in [4.78, 5) is 25.7. The minimum atomic E-state index is -0.482. The van der Waals surface area contributed by atoms with E-state index < -0.39 is 5.91 Å². The number of hydrogen-bond acceptors (Lipinski definition) is 8. The summed E-state index contributed by atoms with van der Waals surface area (Å²) in [6.07, 6.45) is 2.31. The van der Waals surface area contributed by atoms with Crippen LogP contribution in [-0.4, -0.2) is 60.8 Å². The van der Waals surface area contributed by atoms with Crippen molar-refractivity contribution in [2.24, 2.45) is 5.73 Å². The van der Waals surface area contributed by atoms with E-state index in [-0.39, 0.29) is 6.61 Å². The Labute approximate surface area is 123 Å². The van der Waals surface area contributed by atoms with Crippen molar-refractivity contribution in [3.63, 3.8) is 0 Å². The lowest BCUT2D eigenvalue weighted by molar-refractivity contribution is -0.122. The Kier molecular flexibility index (Phi) is 5.50. The van der Waals surface area contributed by atoms with Crippen molar-refractivity contribution >= 4 is 23.8 Å². The maximum absolute atomic E-state index is 10.5. The smallest absolute Gasteiger partial charge is 0.243 e. The summed E-state index contributed by atoms with van der Waals surface area (Å²) in [6.45, 7) is 2.69. The summed E-state index contributed by atoms with van der Waals surface area (Å²) in [5, 5.41) is 5.98. The first-order valence-corrected chi connectivity index (χ1v) is 6.97. The number of aromatic nitrogens is 3. The zero-order valence-electron chi connectivity index (χ0n) is 12.1. The normalized spacial score (nSPS) is 14.2. The van der Waals surface area contributed by atoms with Gasteiger partial charge in [-0.2, -0.15) is 15.0 Å². The van der Waals surface area contributed by atoms with E-state index in [0.717, 1.165) is 25.9 Å². The topological polar surface area (TPSA) is 118 Å². The zero-order valence-corrected chi connectivity index (χ0v) is 12.1. The van der Waals surface area contributed by atoms with Gasteiger partial charge in [-0.3, -0.25) is 4.79 Å². The molecule has 0 atom stereocenters. The van der Waals surface area contributed by atoms with Gasteiger partial charge in [0, 0.05) is 26.7 Å². The fourth-order valence-electron chi connectivity index (χ4n) is 2.02. The molecule has 1 aromatic rings. The third-order valence-electron chi connectivity index (χ3n) is 3.01. The molecule has 0 aromatic carbocycles. The van der Waals surface area contributed by atoms with Crippen molar-refractivity contribution in [1.82, 2.24) is 15.0 Å². The Hall–Kier alpha value is -2.16. The van der Waals surface area contributed by atoms with Gasteiger partial charge in [-0.1, -0.05) is 0 Å². The molecule has 0 unspecified atom stereocenters. The molecule has 1 aliphatic heterocycles. The Balaban J connectivity index is 1.91. The highest BCUT2D eigenvalue weighted by Crippen LogP contribution is 2.18. The van der Waals surface area contributed by atoms with Crippen LogP contribution in [-0.2, 0) is 9.53 Å². The molecule has 0 spiro atoms. The van der Waals surface area contributed by atoms with Gasteiger partial charge in [-0.05, 0) is 12.8 Å². The van der Waals surface area contributed by atoms with Gasteiger partial charge in [-0.15, -0.1) is 0 Å². The lowest BCUT2D eigenvalue weighted by Crippen LogP contribution is -2.23. The lowest BCUT2D eigenvalue weighted by Gasteiger charge is -2.16. The van der Waals surface area contributed by atoms with Crippen LogP contribution in [0.2, 0.25) is 0 Å². The molecule has 0 radical (unpaired) electrons. The molecule has 1 amide bonds. The highest BCUT2D eigenvalue weighted by atomic mass is 16.5. The van der Waals surface area contributed by atoms with Gasteiger partial charge >= 0.3 is 0 Å². The molecular formula is C12H21N7O2. The van der Waals surface area contributed by atoms with Crippen molar-refractivity contribution in [2.75, 3.05) is 55.4 Å². The Morgan fingerprint density at radius 1 is 1.29 bits per heavy atom. The second kappa shape index (κ2) is 7.58. The van der Waals surface area contributed by atoms with Crippen LogP contribution in [0.15, 0.2) is 0 Å². The van der Waals surface area contributed by atoms with Crippen LogP contribution >= 0.6 is 0 Å². The van der Waals surface area contributed by atoms with Gasteiger partial charge in [0.05, 0.1) is 6.61 Å². The highest BCUT2D eigenvalue weighted by Gasteiger charge is 2.17. The maximum Gasteiger partial charge on any atom is 0.243 e. The van der Waals surface area contributed by atoms with E-state index in [9.17, 15) is 4.79 Å². The van der Waals surface area contributed by atoms with Crippen LogP contribution in [0.1, 0.15) is 12.8 Å². The molecule has 4 N–H and O–H groups in total. The number of carbonyl (C=O) groups is 1. The van der Waals surface area contributed by atoms with Gasteiger partial charge in [0.15, 0.2) is 0 Å². The van der Waals surface area contributed by atoms with E-state index in [1.54, 1.807) is 7.05 Å². The molecule has 1 fully saturated rings. The van der Waals surface area contributed by atoms with Crippen LogP contribution in [0.5, 0.6) is 0 Å². The van der Waals surface area contributed by atoms with Crippen molar-refractivity contribution in [1.29, 1.82) is 0 Å². The Bertz CT molecular complexity index is 477. The van der Waals surface area contributed by atoms with E-state index in [1.165, 1.54) is 0 Å². The minimum Gasteiger partial charge on any atom is -0.370 e. The highest BCUT2D eigenvalue weighted by molar-refractivity contribution is 5.74. The quantitative estimate of drug-likeness (QED) is 0.545. The van der Waals surface area contributed by atoms with Gasteiger partial charge < -0.3 is 26.0 Å². The van der Waals surface area contributed by atoms with Gasteiger partial charge in [-0.25, -0.2) is 0 Å². The monoisotopic (exact) mass is 295 g/mol. The van der Waals surface area contributed by atoms with Crippen molar-refractivity contribution in [2.45, 2.75) is 12.8 Å². The maximum atomic E-state index is 10.5. The van der Waals surface area contributed by atoms with Gasteiger partial charge in [0.25, 0.3) is 0 Å². The number of hydrogen-bond donors (Lipinski definition) is 3. The predicted octanol–water partition coefficient (Wildman–Crippen LogP) is -0.573. The van der Waals surface area contributed by atoms with Crippen LogP contribution < -0.4 is 21.3 Å². The fraction of sp³-hybridized carbons (Fsp3) is 0.667. The molecule has 1 aliphatic rings. The van der Waals surface area contributed by atoms with Crippen LogP contribution in [0.25, 0.3) is 0 Å². The number of anilines is 3. The van der Waals surface area contributed by atoms with Crippen molar-refractivity contribution in [3.05, 3.63) is 0 Å². The molecule has 21 heavy (non-hydrogen) atoms. The second-order valence-electron chi connectivity index (χ2n) is 4.67. The third kappa shape index (κ3) is 4.71. The average Bonchev–Trinajstić information content (AvgIpc) is 3.00. The Morgan fingerprint density at radius 2 is 2.00 bits per heavy atom. The molecule has 116 valence electrons. The number of carbonyl (C=O) groups excluding carboxylic acids is 1. The first kappa shape index (κ1) is 15.2. The summed E-state index contributed by atoms with van der Waals surface area (Å²) in [6, 6.07) is 0. The molecule has 0 saturated carbocycles. The number of ether oxygens (including phenoxy) is 1. The summed E-state index contributed by atoms with van der Waals surface area (Å²) in [5.74, 6) is 1.20. The molecule has 0 bridgehead atoms.